The van der Waals surface area contributed by atoms with Gasteiger partial charge in [0.05, 0.1) is 10.0 Å². The van der Waals surface area contributed by atoms with Gasteiger partial charge in [0.25, 0.3) is 0 Å². The molecular weight excluding hydrogens is 421 g/mol. The van der Waals surface area contributed by atoms with Crippen LogP contribution in [0.5, 0.6) is 0 Å². The van der Waals surface area contributed by atoms with Crippen LogP contribution in [0.3, 0.4) is 0 Å². The molecular formula is C23H25Cl2N3O2. The molecule has 2 fully saturated rings. The van der Waals surface area contributed by atoms with Crippen LogP contribution in [0.15, 0.2) is 42.5 Å². The number of rotatable bonds is 5. The molecule has 0 radical (unpaired) electrons. The Morgan fingerprint density at radius 3 is 2.40 bits per heavy atom. The average Bonchev–Trinajstić information content (AvgIpc) is 3.28. The average molecular weight is 446 g/mol. The van der Waals surface area contributed by atoms with E-state index < -0.39 is 0 Å². The fourth-order valence-corrected chi connectivity index (χ4v) is 4.50. The van der Waals surface area contributed by atoms with E-state index in [9.17, 15) is 9.59 Å². The summed E-state index contributed by atoms with van der Waals surface area (Å²) in [5, 5.41) is 4.00. The van der Waals surface area contributed by atoms with Gasteiger partial charge in [0.15, 0.2) is 0 Å². The fourth-order valence-electron chi connectivity index (χ4n) is 4.18. The maximum Gasteiger partial charge on any atom is 0.324 e. The Labute approximate surface area is 186 Å². The molecule has 30 heavy (non-hydrogen) atoms. The molecule has 0 bridgehead atoms. The Balaban J connectivity index is 1.40. The Bertz CT molecular complexity index is 927. The molecule has 1 aliphatic carbocycles. The summed E-state index contributed by atoms with van der Waals surface area (Å²) in [4.78, 5) is 29.0. The van der Waals surface area contributed by atoms with Gasteiger partial charge in [-0.15, -0.1) is 0 Å². The molecule has 0 unspecified atom stereocenters. The summed E-state index contributed by atoms with van der Waals surface area (Å²) in [6.45, 7) is 1.86. The van der Waals surface area contributed by atoms with E-state index in [-0.39, 0.29) is 17.9 Å². The fraction of sp³-hybridized carbons (Fsp3) is 0.391. The Morgan fingerprint density at radius 2 is 1.70 bits per heavy atom. The molecule has 0 atom stereocenters. The molecule has 5 nitrogen and oxygen atoms in total. The normalized spacial score (nSPS) is 17.5. The zero-order valence-electron chi connectivity index (χ0n) is 16.7. The molecule has 4 rings (SSSR count). The van der Waals surface area contributed by atoms with Gasteiger partial charge >= 0.3 is 6.03 Å². The highest BCUT2D eigenvalue weighted by molar-refractivity contribution is 6.42. The van der Waals surface area contributed by atoms with Crippen LogP contribution in [0.4, 0.5) is 16.2 Å². The van der Waals surface area contributed by atoms with Crippen LogP contribution in [-0.2, 0) is 11.3 Å². The first-order valence-corrected chi connectivity index (χ1v) is 11.2. The number of urea groups is 1. The summed E-state index contributed by atoms with van der Waals surface area (Å²) in [7, 11) is 0. The number of amides is 3. The molecule has 2 aliphatic rings. The Kier molecular flexibility index (Phi) is 6.49. The van der Waals surface area contributed by atoms with E-state index in [4.69, 9.17) is 23.2 Å². The lowest BCUT2D eigenvalue weighted by molar-refractivity contribution is -0.119. The molecule has 1 aliphatic heterocycles. The van der Waals surface area contributed by atoms with Crippen LogP contribution >= 0.6 is 23.2 Å². The number of nitrogens with zero attached hydrogens (tertiary/aromatic N) is 2. The molecule has 0 aromatic heterocycles. The molecule has 3 amide bonds. The van der Waals surface area contributed by atoms with Crippen LogP contribution in [0.1, 0.15) is 37.7 Å². The van der Waals surface area contributed by atoms with Crippen molar-refractivity contribution in [2.75, 3.05) is 23.3 Å². The quantitative estimate of drug-likeness (QED) is 0.617. The third kappa shape index (κ3) is 4.73. The van der Waals surface area contributed by atoms with Gasteiger partial charge in [0.1, 0.15) is 0 Å². The van der Waals surface area contributed by atoms with Crippen LogP contribution in [0.2, 0.25) is 10.0 Å². The van der Waals surface area contributed by atoms with Crippen molar-refractivity contribution in [3.63, 3.8) is 0 Å². The Hall–Kier alpha value is -2.24. The van der Waals surface area contributed by atoms with Crippen molar-refractivity contribution < 1.29 is 9.59 Å². The van der Waals surface area contributed by atoms with Crippen molar-refractivity contribution >= 4 is 46.5 Å². The third-order valence-electron chi connectivity index (χ3n) is 5.84. The van der Waals surface area contributed by atoms with E-state index in [0.29, 0.717) is 29.7 Å². The largest absolute Gasteiger partial charge is 0.326 e. The highest BCUT2D eigenvalue weighted by Gasteiger charge is 2.27. The lowest BCUT2D eigenvalue weighted by Crippen LogP contribution is -2.49. The van der Waals surface area contributed by atoms with Gasteiger partial charge in [-0.25, -0.2) is 4.79 Å². The van der Waals surface area contributed by atoms with Gasteiger partial charge in [0.2, 0.25) is 5.91 Å². The number of hydrogen-bond donors (Lipinski definition) is 1. The number of benzene rings is 2. The number of carbonyl (C=O) groups is 2. The number of carbonyl (C=O) groups excluding carboxylic acids is 2. The van der Waals surface area contributed by atoms with E-state index in [1.807, 2.05) is 35.2 Å². The molecule has 0 spiro atoms. The monoisotopic (exact) mass is 445 g/mol. The van der Waals surface area contributed by atoms with Gasteiger partial charge in [-0.1, -0.05) is 42.1 Å². The van der Waals surface area contributed by atoms with Crippen molar-refractivity contribution in [2.24, 2.45) is 5.92 Å². The Morgan fingerprint density at radius 1 is 0.967 bits per heavy atom. The smallest absolute Gasteiger partial charge is 0.324 e. The van der Waals surface area contributed by atoms with Crippen LogP contribution in [-0.4, -0.2) is 29.9 Å². The molecule has 1 heterocycles. The second-order valence-electron chi connectivity index (χ2n) is 7.98. The number of nitrogens with one attached hydrogen (secondary N) is 1. The van der Waals surface area contributed by atoms with E-state index in [0.717, 1.165) is 49.0 Å². The molecule has 1 saturated carbocycles. The van der Waals surface area contributed by atoms with Gasteiger partial charge in [0, 0.05) is 36.9 Å². The first-order valence-electron chi connectivity index (χ1n) is 10.4. The SMILES string of the molecule is O=C(Nc1ccc(N2CCCN(Cc3ccc(Cl)c(Cl)c3)C2=O)cc1)C1CCCC1. The second-order valence-corrected chi connectivity index (χ2v) is 8.79. The predicted octanol–water partition coefficient (Wildman–Crippen LogP) is 5.95. The zero-order chi connectivity index (χ0) is 21.1. The predicted molar refractivity (Wildman–Crippen MR) is 121 cm³/mol. The summed E-state index contributed by atoms with van der Waals surface area (Å²) in [6.07, 6.45) is 5.09. The van der Waals surface area contributed by atoms with E-state index >= 15 is 0 Å². The van der Waals surface area contributed by atoms with E-state index in [2.05, 4.69) is 5.32 Å². The number of halogens is 2. The highest BCUT2D eigenvalue weighted by Crippen LogP contribution is 2.28. The summed E-state index contributed by atoms with van der Waals surface area (Å²) in [5.41, 5.74) is 2.55. The lowest BCUT2D eigenvalue weighted by atomic mass is 10.1. The van der Waals surface area contributed by atoms with Crippen molar-refractivity contribution in [1.29, 1.82) is 0 Å². The van der Waals surface area contributed by atoms with E-state index in [1.165, 1.54) is 0 Å². The maximum atomic E-state index is 13.0. The molecule has 1 saturated heterocycles. The van der Waals surface area contributed by atoms with Crippen molar-refractivity contribution in [2.45, 2.75) is 38.6 Å². The molecule has 2 aromatic carbocycles. The first-order chi connectivity index (χ1) is 14.5. The minimum Gasteiger partial charge on any atom is -0.326 e. The molecule has 2 aromatic rings. The second kappa shape index (κ2) is 9.27. The van der Waals surface area contributed by atoms with Crippen LogP contribution < -0.4 is 10.2 Å². The summed E-state index contributed by atoms with van der Waals surface area (Å²) in [6, 6.07) is 12.9. The molecule has 7 heteroatoms. The maximum absolute atomic E-state index is 13.0. The minimum absolute atomic E-state index is 0.0323. The van der Waals surface area contributed by atoms with Crippen molar-refractivity contribution in [1.82, 2.24) is 4.90 Å². The zero-order valence-corrected chi connectivity index (χ0v) is 18.3. The van der Waals surface area contributed by atoms with Crippen LogP contribution in [0, 0.1) is 5.92 Å². The van der Waals surface area contributed by atoms with Gasteiger partial charge in [-0.2, -0.15) is 0 Å². The topological polar surface area (TPSA) is 52.7 Å². The van der Waals surface area contributed by atoms with Gasteiger partial charge < -0.3 is 10.2 Å². The minimum atomic E-state index is -0.0323. The number of anilines is 2. The molecule has 158 valence electrons. The highest BCUT2D eigenvalue weighted by atomic mass is 35.5. The van der Waals surface area contributed by atoms with E-state index in [1.54, 1.807) is 17.0 Å². The van der Waals surface area contributed by atoms with Crippen molar-refractivity contribution in [3.05, 3.63) is 58.1 Å². The standard InChI is InChI=1S/C23H25Cl2N3O2/c24-20-11-6-16(14-21(20)25)15-27-12-3-13-28(23(27)30)19-9-7-18(8-10-19)26-22(29)17-4-1-2-5-17/h6-11,14,17H,1-5,12-13,15H2,(H,26,29). The summed E-state index contributed by atoms with van der Waals surface area (Å²) in [5.74, 6) is 0.227. The number of hydrogen-bond acceptors (Lipinski definition) is 2. The van der Waals surface area contributed by atoms with Gasteiger partial charge in [-0.05, 0) is 61.2 Å². The third-order valence-corrected chi connectivity index (χ3v) is 6.58. The summed E-state index contributed by atoms with van der Waals surface area (Å²) >= 11 is 12.1. The lowest BCUT2D eigenvalue weighted by Gasteiger charge is -2.35. The molecule has 1 N–H and O–H groups in total. The first kappa shape index (κ1) is 21.0. The van der Waals surface area contributed by atoms with Gasteiger partial charge in [-0.3, -0.25) is 9.69 Å². The van der Waals surface area contributed by atoms with Crippen molar-refractivity contribution in [3.8, 4) is 0 Å². The van der Waals surface area contributed by atoms with Crippen LogP contribution in [0.25, 0.3) is 0 Å². The summed E-state index contributed by atoms with van der Waals surface area (Å²) < 4.78 is 0.